The number of piperidine rings is 1. The van der Waals surface area contributed by atoms with Crippen LogP contribution in [-0.2, 0) is 16.6 Å². The number of nitrogens with one attached hydrogen (secondary N) is 1. The highest BCUT2D eigenvalue weighted by molar-refractivity contribution is 7.94. The zero-order valence-corrected chi connectivity index (χ0v) is 20.4. The second-order valence-electron chi connectivity index (χ2n) is 7.99. The van der Waals surface area contributed by atoms with Crippen molar-refractivity contribution in [3.63, 3.8) is 0 Å². The molecule has 0 atom stereocenters. The van der Waals surface area contributed by atoms with Gasteiger partial charge in [0.2, 0.25) is 0 Å². The molecule has 0 spiro atoms. The predicted octanol–water partition coefficient (Wildman–Crippen LogP) is 5.55. The molecule has 1 fully saturated rings. The van der Waals surface area contributed by atoms with Crippen molar-refractivity contribution in [2.45, 2.75) is 36.9 Å². The number of hydrogen-bond acceptors (Lipinski definition) is 6. The van der Waals surface area contributed by atoms with Crippen LogP contribution in [0.5, 0.6) is 0 Å². The lowest BCUT2D eigenvalue weighted by atomic mass is 10.1. The van der Waals surface area contributed by atoms with Crippen molar-refractivity contribution in [3.05, 3.63) is 52.9 Å². The maximum absolute atomic E-state index is 13.2. The molecule has 3 aromatic heterocycles. The lowest BCUT2D eigenvalue weighted by Gasteiger charge is -2.25. The smallest absolute Gasteiger partial charge is 0.273 e. The van der Waals surface area contributed by atoms with Crippen molar-refractivity contribution in [2.24, 2.45) is 0 Å². The monoisotopic (exact) mass is 486 g/mol. The Morgan fingerprint density at radius 3 is 2.75 bits per heavy atom. The van der Waals surface area contributed by atoms with Crippen LogP contribution < -0.4 is 4.31 Å². The van der Waals surface area contributed by atoms with Gasteiger partial charge in [0.25, 0.3) is 10.0 Å². The van der Waals surface area contributed by atoms with Crippen molar-refractivity contribution in [1.29, 1.82) is 0 Å². The number of hydrogen-bond donors (Lipinski definition) is 1. The van der Waals surface area contributed by atoms with E-state index in [0.717, 1.165) is 41.2 Å². The van der Waals surface area contributed by atoms with Crippen molar-refractivity contribution < 1.29 is 8.42 Å². The maximum Gasteiger partial charge on any atom is 0.273 e. The molecule has 1 saturated heterocycles. The second-order valence-corrected chi connectivity index (χ2v) is 12.1. The number of likely N-dealkylation sites (tertiary alicyclic amines) is 1. The Labute approximate surface area is 196 Å². The first-order valence-electron chi connectivity index (χ1n) is 10.9. The fourth-order valence-corrected chi connectivity index (χ4v) is 7.81. The Hall–Kier alpha value is -2.20. The van der Waals surface area contributed by atoms with Gasteiger partial charge in [-0.05, 0) is 56.4 Å². The third kappa shape index (κ3) is 4.10. The molecule has 4 heterocycles. The van der Waals surface area contributed by atoms with E-state index in [4.69, 9.17) is 0 Å². The van der Waals surface area contributed by atoms with E-state index in [1.165, 1.54) is 39.8 Å². The van der Waals surface area contributed by atoms with Crippen LogP contribution in [0, 0.1) is 0 Å². The number of benzene rings is 1. The number of H-pyrrole nitrogens is 1. The number of para-hydroxylation sites is 1. The zero-order chi connectivity index (χ0) is 22.1. The highest BCUT2D eigenvalue weighted by Gasteiger charge is 2.26. The van der Waals surface area contributed by atoms with Crippen LogP contribution in [0.25, 0.3) is 21.6 Å². The van der Waals surface area contributed by atoms with Gasteiger partial charge in [-0.2, -0.15) is 0 Å². The Balaban J connectivity index is 1.47. The minimum absolute atomic E-state index is 0.352. The summed E-state index contributed by atoms with van der Waals surface area (Å²) in [6.07, 6.45) is 5.86. The summed E-state index contributed by atoms with van der Waals surface area (Å²) >= 11 is 2.94. The molecular formula is C23H26N4O2S3. The molecule has 0 amide bonds. The van der Waals surface area contributed by atoms with E-state index < -0.39 is 10.0 Å². The molecule has 1 aromatic carbocycles. The number of anilines is 1. The van der Waals surface area contributed by atoms with E-state index in [1.54, 1.807) is 28.8 Å². The molecule has 1 aliphatic rings. The van der Waals surface area contributed by atoms with Crippen LogP contribution in [0.4, 0.5) is 5.69 Å². The molecule has 9 heteroatoms. The van der Waals surface area contributed by atoms with Gasteiger partial charge in [0.05, 0.1) is 16.9 Å². The summed E-state index contributed by atoms with van der Waals surface area (Å²) in [5.74, 6) is 0. The molecule has 1 aliphatic heterocycles. The summed E-state index contributed by atoms with van der Waals surface area (Å²) < 4.78 is 28.3. The number of rotatable bonds is 7. The average molecular weight is 487 g/mol. The number of thiazole rings is 1. The van der Waals surface area contributed by atoms with Gasteiger partial charge in [0.15, 0.2) is 0 Å². The van der Waals surface area contributed by atoms with Gasteiger partial charge in [-0.25, -0.2) is 13.4 Å². The SMILES string of the molecule is CCN(c1cccc2cc(-c3ncc(CN4CCCCC4)s3)[nH]c12)S(=O)(=O)c1cccs1. The molecular weight excluding hydrogens is 460 g/mol. The highest BCUT2D eigenvalue weighted by atomic mass is 32.2. The van der Waals surface area contributed by atoms with Crippen LogP contribution in [0.1, 0.15) is 31.1 Å². The molecule has 0 unspecified atom stereocenters. The first kappa shape index (κ1) is 21.6. The lowest BCUT2D eigenvalue weighted by molar-refractivity contribution is 0.222. The summed E-state index contributed by atoms with van der Waals surface area (Å²) in [5.41, 5.74) is 2.40. The average Bonchev–Trinajstić information content (AvgIpc) is 3.55. The number of thiophene rings is 1. The fourth-order valence-electron chi connectivity index (χ4n) is 4.29. The number of aromatic amines is 1. The van der Waals surface area contributed by atoms with Gasteiger partial charge in [-0.3, -0.25) is 9.21 Å². The van der Waals surface area contributed by atoms with Crippen LogP contribution >= 0.6 is 22.7 Å². The van der Waals surface area contributed by atoms with E-state index in [0.29, 0.717) is 16.4 Å². The molecule has 6 nitrogen and oxygen atoms in total. The van der Waals surface area contributed by atoms with Crippen LogP contribution in [0.3, 0.4) is 0 Å². The summed E-state index contributed by atoms with van der Waals surface area (Å²) in [6.45, 7) is 5.49. The molecule has 5 rings (SSSR count). The standard InChI is InChI=1S/C23H26N4O2S3/c1-2-27(32(28,29)21-10-7-13-30-21)20-9-6-8-17-14-19(25-22(17)20)23-24-15-18(31-23)16-26-11-4-3-5-12-26/h6-10,13-15,25H,2-5,11-12,16H2,1H3. The molecule has 168 valence electrons. The highest BCUT2D eigenvalue weighted by Crippen LogP contribution is 2.35. The van der Waals surface area contributed by atoms with Gasteiger partial charge in [-0.1, -0.05) is 24.6 Å². The maximum atomic E-state index is 13.2. The summed E-state index contributed by atoms with van der Waals surface area (Å²) in [4.78, 5) is 11.9. The first-order chi connectivity index (χ1) is 15.6. The minimum Gasteiger partial charge on any atom is -0.351 e. The number of aromatic nitrogens is 2. The van der Waals surface area contributed by atoms with E-state index in [2.05, 4.69) is 20.9 Å². The predicted molar refractivity (Wildman–Crippen MR) is 133 cm³/mol. The van der Waals surface area contributed by atoms with E-state index in [-0.39, 0.29) is 0 Å². The number of nitrogens with zero attached hydrogens (tertiary/aromatic N) is 3. The molecule has 0 saturated carbocycles. The summed E-state index contributed by atoms with van der Waals surface area (Å²) in [7, 11) is -3.61. The van der Waals surface area contributed by atoms with Gasteiger partial charge in [0, 0.05) is 29.5 Å². The summed E-state index contributed by atoms with van der Waals surface area (Å²) in [6, 6.07) is 11.3. The largest absolute Gasteiger partial charge is 0.351 e. The van der Waals surface area contributed by atoms with Gasteiger partial charge < -0.3 is 4.98 Å². The van der Waals surface area contributed by atoms with Crippen LogP contribution in [-0.4, -0.2) is 42.9 Å². The fraction of sp³-hybridized carbons (Fsp3) is 0.348. The van der Waals surface area contributed by atoms with Gasteiger partial charge >= 0.3 is 0 Å². The number of sulfonamides is 1. The molecule has 32 heavy (non-hydrogen) atoms. The van der Waals surface area contributed by atoms with Gasteiger partial charge in [-0.15, -0.1) is 22.7 Å². The van der Waals surface area contributed by atoms with Crippen molar-refractivity contribution in [2.75, 3.05) is 23.9 Å². The van der Waals surface area contributed by atoms with Crippen LogP contribution in [0.2, 0.25) is 0 Å². The van der Waals surface area contributed by atoms with Crippen LogP contribution in [0.15, 0.2) is 52.2 Å². The topological polar surface area (TPSA) is 69.3 Å². The van der Waals surface area contributed by atoms with Crippen molar-refractivity contribution >= 4 is 49.3 Å². The van der Waals surface area contributed by atoms with Gasteiger partial charge in [0.1, 0.15) is 9.22 Å². The minimum atomic E-state index is -3.61. The normalized spacial score (nSPS) is 15.4. The summed E-state index contributed by atoms with van der Waals surface area (Å²) in [5, 5.41) is 3.70. The quantitative estimate of drug-likeness (QED) is 0.372. The Morgan fingerprint density at radius 2 is 2.00 bits per heavy atom. The Kier molecular flexibility index (Phi) is 6.07. The molecule has 1 N–H and O–H groups in total. The zero-order valence-electron chi connectivity index (χ0n) is 18.0. The van der Waals surface area contributed by atoms with Crippen molar-refractivity contribution in [1.82, 2.24) is 14.9 Å². The Morgan fingerprint density at radius 1 is 1.16 bits per heavy atom. The number of fused-ring (bicyclic) bond motifs is 1. The second kappa shape index (κ2) is 8.97. The first-order valence-corrected chi connectivity index (χ1v) is 14.1. The van der Waals surface area contributed by atoms with E-state index in [9.17, 15) is 8.42 Å². The van der Waals surface area contributed by atoms with E-state index >= 15 is 0 Å². The van der Waals surface area contributed by atoms with E-state index in [1.807, 2.05) is 31.3 Å². The molecule has 0 bridgehead atoms. The molecule has 0 radical (unpaired) electrons. The molecule has 4 aromatic rings. The third-order valence-electron chi connectivity index (χ3n) is 5.84. The third-order valence-corrected chi connectivity index (χ3v) is 10.1. The lowest BCUT2D eigenvalue weighted by Crippen LogP contribution is -2.30. The molecule has 0 aliphatic carbocycles. The van der Waals surface area contributed by atoms with Crippen molar-refractivity contribution in [3.8, 4) is 10.7 Å². The Bertz CT molecular complexity index is 1300.